The molecule has 3 aliphatic rings. The Morgan fingerprint density at radius 1 is 1.33 bits per heavy atom. The number of aromatic nitrogens is 1. The van der Waals surface area contributed by atoms with Crippen LogP contribution in [-0.4, -0.2) is 65.1 Å². The van der Waals surface area contributed by atoms with Crippen LogP contribution in [0.15, 0.2) is 10.9 Å². The summed E-state index contributed by atoms with van der Waals surface area (Å²) in [6, 6.07) is 0.557. The van der Waals surface area contributed by atoms with E-state index in [1.807, 2.05) is 10.3 Å². The van der Waals surface area contributed by atoms with Gasteiger partial charge in [-0.3, -0.25) is 9.69 Å². The number of carbonyl (C=O) groups is 1. The zero-order valence-electron chi connectivity index (χ0n) is 12.2. The normalized spacial score (nSPS) is 28.8. The second-order valence-electron chi connectivity index (χ2n) is 6.48. The number of ether oxygens (including phenoxy) is 1. The van der Waals surface area contributed by atoms with Crippen molar-refractivity contribution >= 4 is 17.2 Å². The number of hydrogen-bond donors (Lipinski definition) is 0. The first-order valence-corrected chi connectivity index (χ1v) is 8.76. The molecule has 1 aromatic heterocycles. The van der Waals surface area contributed by atoms with Crippen LogP contribution in [0.25, 0.3) is 0 Å². The number of thiazole rings is 1. The summed E-state index contributed by atoms with van der Waals surface area (Å²) in [4.78, 5) is 20.8. The Hall–Kier alpha value is -0.980. The Bertz CT molecular complexity index is 507. The van der Waals surface area contributed by atoms with Crippen LogP contribution in [0.1, 0.15) is 36.2 Å². The van der Waals surface area contributed by atoms with E-state index in [4.69, 9.17) is 4.74 Å². The monoisotopic (exact) mass is 307 g/mol. The first kappa shape index (κ1) is 13.7. The van der Waals surface area contributed by atoms with E-state index >= 15 is 0 Å². The third-order valence-electron chi connectivity index (χ3n) is 4.99. The Labute approximate surface area is 128 Å². The van der Waals surface area contributed by atoms with Crippen molar-refractivity contribution in [2.75, 3.05) is 32.8 Å². The molecule has 114 valence electrons. The molecule has 1 atom stereocenters. The van der Waals surface area contributed by atoms with Crippen LogP contribution < -0.4 is 0 Å². The van der Waals surface area contributed by atoms with Crippen LogP contribution >= 0.6 is 11.3 Å². The lowest BCUT2D eigenvalue weighted by Crippen LogP contribution is -2.63. The predicted molar refractivity (Wildman–Crippen MR) is 80.5 cm³/mol. The molecule has 1 aromatic rings. The quantitative estimate of drug-likeness (QED) is 0.833. The van der Waals surface area contributed by atoms with E-state index in [2.05, 4.69) is 9.88 Å². The molecule has 0 aromatic carbocycles. The minimum atomic E-state index is -0.0756. The molecule has 4 heterocycles. The van der Waals surface area contributed by atoms with Crippen LogP contribution in [0.4, 0.5) is 0 Å². The van der Waals surface area contributed by atoms with E-state index in [-0.39, 0.29) is 11.5 Å². The standard InChI is InChI=1S/C15H21N3O2S/c19-14(13-8-21-11-16-13)18-9-15(10-18)6-12(7-20-15)17-4-2-1-3-5-17/h8,11-12H,1-7,9-10H2. The average Bonchev–Trinajstić information content (AvgIpc) is 3.15. The highest BCUT2D eigenvalue weighted by atomic mass is 32.1. The molecular weight excluding hydrogens is 286 g/mol. The molecule has 1 spiro atoms. The topological polar surface area (TPSA) is 45.7 Å². The zero-order valence-corrected chi connectivity index (χ0v) is 13.0. The lowest BCUT2D eigenvalue weighted by molar-refractivity contribution is -0.0952. The average molecular weight is 307 g/mol. The molecule has 3 saturated heterocycles. The first-order chi connectivity index (χ1) is 10.3. The highest BCUT2D eigenvalue weighted by Crippen LogP contribution is 2.38. The number of amides is 1. The third-order valence-corrected chi connectivity index (χ3v) is 5.58. The van der Waals surface area contributed by atoms with Crippen LogP contribution in [0.5, 0.6) is 0 Å². The van der Waals surface area contributed by atoms with Crippen LogP contribution in [-0.2, 0) is 4.74 Å². The van der Waals surface area contributed by atoms with Gasteiger partial charge in [-0.2, -0.15) is 0 Å². The van der Waals surface area contributed by atoms with Gasteiger partial charge in [-0.1, -0.05) is 6.42 Å². The number of carbonyl (C=O) groups excluding carboxylic acids is 1. The fourth-order valence-corrected chi connectivity index (χ4v) is 4.36. The van der Waals surface area contributed by atoms with Gasteiger partial charge in [0.15, 0.2) is 0 Å². The molecule has 0 N–H and O–H groups in total. The van der Waals surface area contributed by atoms with Gasteiger partial charge in [0.2, 0.25) is 0 Å². The van der Waals surface area contributed by atoms with E-state index in [1.165, 1.54) is 43.7 Å². The van der Waals surface area contributed by atoms with Gasteiger partial charge in [-0.15, -0.1) is 11.3 Å². The smallest absolute Gasteiger partial charge is 0.273 e. The maximum Gasteiger partial charge on any atom is 0.273 e. The van der Waals surface area contributed by atoms with Gasteiger partial charge >= 0.3 is 0 Å². The van der Waals surface area contributed by atoms with Gasteiger partial charge in [0.25, 0.3) is 5.91 Å². The molecule has 1 amide bonds. The van der Waals surface area contributed by atoms with Crippen LogP contribution in [0.3, 0.4) is 0 Å². The Kier molecular flexibility index (Phi) is 3.47. The Balaban J connectivity index is 1.33. The lowest BCUT2D eigenvalue weighted by Gasteiger charge is -2.47. The molecule has 6 heteroatoms. The second kappa shape index (κ2) is 5.34. The fraction of sp³-hybridized carbons (Fsp3) is 0.733. The molecule has 0 aliphatic carbocycles. The van der Waals surface area contributed by atoms with E-state index in [0.29, 0.717) is 11.7 Å². The third kappa shape index (κ3) is 2.49. The summed E-state index contributed by atoms with van der Waals surface area (Å²) in [5.74, 6) is 0.0481. The second-order valence-corrected chi connectivity index (χ2v) is 7.20. The molecule has 3 aliphatic heterocycles. The molecule has 3 fully saturated rings. The van der Waals surface area contributed by atoms with E-state index in [9.17, 15) is 4.79 Å². The van der Waals surface area contributed by atoms with Gasteiger partial charge < -0.3 is 9.64 Å². The number of nitrogens with zero attached hydrogens (tertiary/aromatic N) is 3. The lowest BCUT2D eigenvalue weighted by atomic mass is 9.88. The van der Waals surface area contributed by atoms with Crippen LogP contribution in [0, 0.1) is 0 Å². The van der Waals surface area contributed by atoms with Crippen molar-refractivity contribution in [2.45, 2.75) is 37.3 Å². The number of hydrogen-bond acceptors (Lipinski definition) is 5. The molecule has 4 rings (SSSR count). The number of piperidine rings is 1. The highest BCUT2D eigenvalue weighted by molar-refractivity contribution is 7.07. The van der Waals surface area contributed by atoms with E-state index in [0.717, 1.165) is 26.1 Å². The Morgan fingerprint density at radius 2 is 2.14 bits per heavy atom. The Morgan fingerprint density at radius 3 is 2.86 bits per heavy atom. The summed E-state index contributed by atoms with van der Waals surface area (Å²) >= 11 is 1.47. The molecule has 5 nitrogen and oxygen atoms in total. The van der Waals surface area contributed by atoms with E-state index in [1.54, 1.807) is 5.51 Å². The largest absolute Gasteiger partial charge is 0.370 e. The number of rotatable bonds is 2. The van der Waals surface area contributed by atoms with Crippen LogP contribution in [0.2, 0.25) is 0 Å². The number of likely N-dealkylation sites (tertiary alicyclic amines) is 2. The predicted octanol–water partition coefficient (Wildman–Crippen LogP) is 1.61. The maximum absolute atomic E-state index is 12.2. The maximum atomic E-state index is 12.2. The molecule has 0 saturated carbocycles. The summed E-state index contributed by atoms with van der Waals surface area (Å²) in [6.07, 6.45) is 5.08. The van der Waals surface area contributed by atoms with Crippen molar-refractivity contribution < 1.29 is 9.53 Å². The molecule has 0 bridgehead atoms. The van der Waals surface area contributed by atoms with E-state index < -0.39 is 0 Å². The highest BCUT2D eigenvalue weighted by Gasteiger charge is 2.52. The van der Waals surface area contributed by atoms with Crippen molar-refractivity contribution in [2.24, 2.45) is 0 Å². The molecule has 21 heavy (non-hydrogen) atoms. The van der Waals surface area contributed by atoms with Crippen molar-refractivity contribution in [3.63, 3.8) is 0 Å². The van der Waals surface area contributed by atoms with Crippen molar-refractivity contribution in [1.82, 2.24) is 14.8 Å². The van der Waals surface area contributed by atoms with Crippen molar-refractivity contribution in [1.29, 1.82) is 0 Å². The van der Waals surface area contributed by atoms with Crippen molar-refractivity contribution in [3.8, 4) is 0 Å². The summed E-state index contributed by atoms with van der Waals surface area (Å²) in [5.41, 5.74) is 2.20. The zero-order chi connectivity index (χ0) is 14.3. The summed E-state index contributed by atoms with van der Waals surface area (Å²) < 4.78 is 6.09. The van der Waals surface area contributed by atoms with Gasteiger partial charge in [0.1, 0.15) is 11.3 Å². The minimum absolute atomic E-state index is 0.0481. The van der Waals surface area contributed by atoms with Crippen molar-refractivity contribution in [3.05, 3.63) is 16.6 Å². The summed E-state index contributed by atoms with van der Waals surface area (Å²) in [5, 5.41) is 1.82. The summed E-state index contributed by atoms with van der Waals surface area (Å²) in [7, 11) is 0. The van der Waals surface area contributed by atoms with Gasteiger partial charge in [0, 0.05) is 11.4 Å². The van der Waals surface area contributed by atoms with Gasteiger partial charge in [-0.05, 0) is 32.4 Å². The molecule has 0 radical (unpaired) electrons. The minimum Gasteiger partial charge on any atom is -0.370 e. The van der Waals surface area contributed by atoms with Gasteiger partial charge in [0.05, 0.1) is 25.2 Å². The summed E-state index contributed by atoms with van der Waals surface area (Å²) in [6.45, 7) is 4.72. The first-order valence-electron chi connectivity index (χ1n) is 7.81. The molecular formula is C15H21N3O2S. The van der Waals surface area contributed by atoms with Gasteiger partial charge in [-0.25, -0.2) is 4.98 Å². The molecule has 1 unspecified atom stereocenters. The fourth-order valence-electron chi connectivity index (χ4n) is 3.83. The SMILES string of the molecule is O=C(c1cscn1)N1CC2(CC(N3CCCCC3)CO2)C1.